The first-order chi connectivity index (χ1) is 25.5. The molecule has 0 aliphatic carbocycles. The summed E-state index contributed by atoms with van der Waals surface area (Å²) in [5.74, 6) is -3.45. The van der Waals surface area contributed by atoms with Crippen molar-refractivity contribution < 1.29 is 24.0 Å². The summed E-state index contributed by atoms with van der Waals surface area (Å²) in [7, 11) is 0. The maximum absolute atomic E-state index is 14.3. The largest absolute Gasteiger partial charge is 0.368 e. The van der Waals surface area contributed by atoms with E-state index in [1.54, 1.807) is 42.7 Å². The molecule has 2 heterocycles. The van der Waals surface area contributed by atoms with Crippen molar-refractivity contribution in [1.82, 2.24) is 25.9 Å². The number of nitrogens with two attached hydrogens (primary N) is 1. The van der Waals surface area contributed by atoms with E-state index < -0.39 is 47.7 Å². The molecule has 0 aliphatic rings. The van der Waals surface area contributed by atoms with Crippen LogP contribution in [0.4, 0.5) is 0 Å². The molecule has 5 rings (SSSR count). The summed E-state index contributed by atoms with van der Waals surface area (Å²) in [6.45, 7) is 1.32. The molecule has 0 bridgehead atoms. The third kappa shape index (κ3) is 11.3. The first-order valence-electron chi connectivity index (χ1n) is 17.5. The predicted octanol–water partition coefficient (Wildman–Crippen LogP) is 4.41. The van der Waals surface area contributed by atoms with Gasteiger partial charge in [0.25, 0.3) is 0 Å². The minimum atomic E-state index is -1.04. The van der Waals surface area contributed by atoms with Crippen LogP contribution in [0, 0.1) is 5.92 Å². The Morgan fingerprint density at radius 3 is 2.09 bits per heavy atom. The number of pyridine rings is 1. The van der Waals surface area contributed by atoms with Gasteiger partial charge < -0.3 is 26.7 Å². The number of aromatic nitrogens is 2. The normalized spacial score (nSPS) is 13.3. The number of ketones is 1. The van der Waals surface area contributed by atoms with Gasteiger partial charge in [0, 0.05) is 66.1 Å². The molecule has 0 radical (unpaired) electrons. The number of para-hydroxylation sites is 1. The third-order valence-corrected chi connectivity index (χ3v) is 9.34. The van der Waals surface area contributed by atoms with E-state index in [0.29, 0.717) is 11.4 Å². The van der Waals surface area contributed by atoms with Crippen molar-refractivity contribution in [3.05, 3.63) is 137 Å². The standard InChI is InChI=1S/C41H43ClN6O5/c1-26(49)46-37(22-28-14-17-31(42)18-15-28)41(53)47-35(21-27-9-3-2-4-10-27)38(50)24-29(16-19-32-11-7-8-20-44-32)40(52)48-36(39(43)51)23-30-25-45-34-13-6-5-12-33(30)34/h2-15,17-18,20,25,29,35-37,45H,16,19,21-24H2,1H3,(H2,43,51)(H,46,49)(H,47,53)(H,48,52)/t29-,35-,36+,37+/m1/s1. The summed E-state index contributed by atoms with van der Waals surface area (Å²) in [6, 6.07) is 26.1. The van der Waals surface area contributed by atoms with Crippen LogP contribution in [-0.2, 0) is 49.7 Å². The van der Waals surface area contributed by atoms with E-state index in [2.05, 4.69) is 25.9 Å². The number of fused-ring (bicyclic) bond motifs is 1. The number of aromatic amines is 1. The van der Waals surface area contributed by atoms with E-state index in [0.717, 1.165) is 33.3 Å². The quantitative estimate of drug-likeness (QED) is 0.0891. The van der Waals surface area contributed by atoms with E-state index in [9.17, 15) is 24.0 Å². The Labute approximate surface area is 313 Å². The van der Waals surface area contributed by atoms with Gasteiger partial charge in [0.15, 0.2) is 5.78 Å². The lowest BCUT2D eigenvalue weighted by Crippen LogP contribution is -2.53. The second-order valence-electron chi connectivity index (χ2n) is 13.1. The Balaban J connectivity index is 1.38. The van der Waals surface area contributed by atoms with Gasteiger partial charge in [-0.05, 0) is 66.3 Å². The van der Waals surface area contributed by atoms with Crippen molar-refractivity contribution >= 4 is 51.9 Å². The minimum Gasteiger partial charge on any atom is -0.368 e. The van der Waals surface area contributed by atoms with Crippen molar-refractivity contribution in [3.63, 3.8) is 0 Å². The zero-order chi connectivity index (χ0) is 37.7. The lowest BCUT2D eigenvalue weighted by Gasteiger charge is -2.25. The molecule has 11 nitrogen and oxygen atoms in total. The summed E-state index contributed by atoms with van der Waals surface area (Å²) in [6.07, 6.45) is 4.29. The number of halogens is 1. The first kappa shape index (κ1) is 38.4. The Bertz CT molecular complexity index is 2020. The smallest absolute Gasteiger partial charge is 0.243 e. The zero-order valence-electron chi connectivity index (χ0n) is 29.4. The molecule has 0 saturated heterocycles. The summed E-state index contributed by atoms with van der Waals surface area (Å²) in [5.41, 5.74) is 9.78. The van der Waals surface area contributed by atoms with Gasteiger partial charge in [-0.1, -0.05) is 78.3 Å². The fraction of sp³-hybridized carbons (Fsp3) is 0.268. The highest BCUT2D eigenvalue weighted by molar-refractivity contribution is 6.30. The van der Waals surface area contributed by atoms with Gasteiger partial charge in [-0.3, -0.25) is 29.0 Å². The van der Waals surface area contributed by atoms with Crippen LogP contribution < -0.4 is 21.7 Å². The van der Waals surface area contributed by atoms with Crippen LogP contribution in [-0.4, -0.2) is 57.5 Å². The average Bonchev–Trinajstić information content (AvgIpc) is 3.56. The Kier molecular flexibility index (Phi) is 13.5. The molecule has 0 spiro atoms. The highest BCUT2D eigenvalue weighted by atomic mass is 35.5. The highest BCUT2D eigenvalue weighted by Gasteiger charge is 2.32. The number of Topliss-reactive ketones (excluding diaryl/α,β-unsaturated/α-hetero) is 1. The molecule has 12 heteroatoms. The SMILES string of the molecule is CC(=O)N[C@@H](Cc1ccc(Cl)cc1)C(=O)N[C@H](Cc1ccccc1)C(=O)C[C@@H](CCc1ccccn1)C(=O)N[C@@H](Cc1c[nH]c2ccccc12)C(N)=O. The van der Waals surface area contributed by atoms with Gasteiger partial charge in [0.2, 0.25) is 23.6 Å². The molecule has 0 unspecified atom stereocenters. The van der Waals surface area contributed by atoms with Crippen LogP contribution in [0.15, 0.2) is 109 Å². The number of nitrogens with zero attached hydrogens (tertiary/aromatic N) is 1. The zero-order valence-corrected chi connectivity index (χ0v) is 30.1. The summed E-state index contributed by atoms with van der Waals surface area (Å²) in [5, 5.41) is 9.83. The summed E-state index contributed by atoms with van der Waals surface area (Å²) < 4.78 is 0. The predicted molar refractivity (Wildman–Crippen MR) is 204 cm³/mol. The molecular weight excluding hydrogens is 692 g/mol. The Morgan fingerprint density at radius 2 is 1.40 bits per heavy atom. The van der Waals surface area contributed by atoms with Crippen LogP contribution >= 0.6 is 11.6 Å². The number of nitrogens with one attached hydrogen (secondary N) is 4. The summed E-state index contributed by atoms with van der Waals surface area (Å²) in [4.78, 5) is 74.5. The van der Waals surface area contributed by atoms with Crippen molar-refractivity contribution in [2.24, 2.45) is 11.7 Å². The number of rotatable bonds is 18. The Morgan fingerprint density at radius 1 is 0.736 bits per heavy atom. The molecule has 0 fully saturated rings. The molecule has 274 valence electrons. The van der Waals surface area contributed by atoms with E-state index in [-0.39, 0.29) is 37.9 Å². The second-order valence-corrected chi connectivity index (χ2v) is 13.5. The molecular formula is C41H43ClN6O5. The van der Waals surface area contributed by atoms with Crippen LogP contribution in [0.2, 0.25) is 5.02 Å². The number of hydrogen-bond donors (Lipinski definition) is 5. The molecule has 0 saturated carbocycles. The second kappa shape index (κ2) is 18.6. The number of aryl methyl sites for hydroxylation is 1. The molecule has 53 heavy (non-hydrogen) atoms. The number of amides is 4. The van der Waals surface area contributed by atoms with Crippen molar-refractivity contribution in [2.75, 3.05) is 0 Å². The van der Waals surface area contributed by atoms with Crippen LogP contribution in [0.1, 0.15) is 42.1 Å². The molecule has 0 aliphatic heterocycles. The number of carbonyl (C=O) groups is 5. The molecule has 3 aromatic carbocycles. The molecule has 5 aromatic rings. The molecule has 6 N–H and O–H groups in total. The average molecular weight is 735 g/mol. The highest BCUT2D eigenvalue weighted by Crippen LogP contribution is 2.21. The van der Waals surface area contributed by atoms with Gasteiger partial charge in [-0.25, -0.2) is 0 Å². The van der Waals surface area contributed by atoms with Gasteiger partial charge in [0.05, 0.1) is 6.04 Å². The van der Waals surface area contributed by atoms with Gasteiger partial charge in [0.1, 0.15) is 12.1 Å². The lowest BCUT2D eigenvalue weighted by molar-refractivity contribution is -0.134. The molecule has 4 atom stereocenters. The Hall–Kier alpha value is -5.81. The maximum atomic E-state index is 14.3. The van der Waals surface area contributed by atoms with E-state index in [4.69, 9.17) is 17.3 Å². The van der Waals surface area contributed by atoms with Gasteiger partial charge >= 0.3 is 0 Å². The van der Waals surface area contributed by atoms with Gasteiger partial charge in [-0.15, -0.1) is 0 Å². The van der Waals surface area contributed by atoms with E-state index in [1.165, 1.54) is 6.92 Å². The van der Waals surface area contributed by atoms with E-state index >= 15 is 0 Å². The fourth-order valence-electron chi connectivity index (χ4n) is 6.29. The molecule has 2 aromatic heterocycles. The third-order valence-electron chi connectivity index (χ3n) is 9.09. The number of benzene rings is 3. The number of H-pyrrole nitrogens is 1. The minimum absolute atomic E-state index is 0.150. The van der Waals surface area contributed by atoms with Crippen molar-refractivity contribution in [3.8, 4) is 0 Å². The van der Waals surface area contributed by atoms with Crippen LogP contribution in [0.3, 0.4) is 0 Å². The van der Waals surface area contributed by atoms with Crippen LogP contribution in [0.25, 0.3) is 10.9 Å². The van der Waals surface area contributed by atoms with E-state index in [1.807, 2.05) is 66.7 Å². The van der Waals surface area contributed by atoms with Crippen molar-refractivity contribution in [1.29, 1.82) is 0 Å². The fourth-order valence-corrected chi connectivity index (χ4v) is 6.42. The maximum Gasteiger partial charge on any atom is 0.243 e. The lowest BCUT2D eigenvalue weighted by atomic mass is 9.90. The monoisotopic (exact) mass is 734 g/mol. The number of carbonyl (C=O) groups excluding carboxylic acids is 5. The molecule has 4 amide bonds. The van der Waals surface area contributed by atoms with Gasteiger partial charge in [-0.2, -0.15) is 0 Å². The number of primary amides is 1. The summed E-state index contributed by atoms with van der Waals surface area (Å²) >= 11 is 6.05. The van der Waals surface area contributed by atoms with Crippen molar-refractivity contribution in [2.45, 2.75) is 63.6 Å². The topological polar surface area (TPSA) is 176 Å². The first-order valence-corrected chi connectivity index (χ1v) is 17.9. The van der Waals surface area contributed by atoms with Crippen LogP contribution in [0.5, 0.6) is 0 Å². The number of hydrogen-bond acceptors (Lipinski definition) is 6.